The molecule has 1 rings (SSSR count). The van der Waals surface area contributed by atoms with E-state index in [1.54, 1.807) is 0 Å². The molecule has 0 bridgehead atoms. The van der Waals surface area contributed by atoms with Gasteiger partial charge in [-0.2, -0.15) is 0 Å². The van der Waals surface area contributed by atoms with E-state index in [1.165, 1.54) is 7.11 Å². The standard InChI is InChI=1S/C20H31NO6/c1-5-9-14(22)16-13(21-11-8-6-7-10-15(23)24)12-20(2,3)17(18(16)25)19(26)27-4/h16-17H,5-12H2,1-4H3,(H,23,24)/t16-,17-/m1/s1. The van der Waals surface area contributed by atoms with E-state index in [-0.39, 0.29) is 18.6 Å². The third-order valence-electron chi connectivity index (χ3n) is 4.94. The summed E-state index contributed by atoms with van der Waals surface area (Å²) in [7, 11) is 1.25. The van der Waals surface area contributed by atoms with Gasteiger partial charge in [-0.3, -0.25) is 24.2 Å². The number of hydrogen-bond acceptors (Lipinski definition) is 6. The van der Waals surface area contributed by atoms with Crippen molar-refractivity contribution in [2.75, 3.05) is 13.7 Å². The second kappa shape index (κ2) is 10.3. The lowest BCUT2D eigenvalue weighted by Gasteiger charge is -2.39. The Hall–Kier alpha value is -2.05. The van der Waals surface area contributed by atoms with E-state index >= 15 is 0 Å². The van der Waals surface area contributed by atoms with Crippen molar-refractivity contribution < 1.29 is 29.0 Å². The minimum absolute atomic E-state index is 0.126. The van der Waals surface area contributed by atoms with Crippen molar-refractivity contribution in [2.24, 2.45) is 22.2 Å². The molecule has 1 aliphatic rings. The third-order valence-corrected chi connectivity index (χ3v) is 4.94. The van der Waals surface area contributed by atoms with Crippen LogP contribution in [0.1, 0.15) is 65.7 Å². The smallest absolute Gasteiger partial charge is 0.316 e. The van der Waals surface area contributed by atoms with E-state index in [9.17, 15) is 19.2 Å². The number of hydrogen-bond donors (Lipinski definition) is 1. The number of ketones is 2. The summed E-state index contributed by atoms with van der Waals surface area (Å²) in [5, 5.41) is 8.66. The SMILES string of the molecule is CCCC(=O)[C@@H]1C(=O)[C@H](C(=O)OC)C(C)(C)CC1=NCCCCCC(=O)O. The highest BCUT2D eigenvalue weighted by atomic mass is 16.5. The maximum atomic E-state index is 13.0. The molecule has 0 radical (unpaired) electrons. The monoisotopic (exact) mass is 381 g/mol. The average Bonchev–Trinajstić information content (AvgIpc) is 2.56. The average molecular weight is 381 g/mol. The van der Waals surface area contributed by atoms with Crippen molar-refractivity contribution in [1.29, 1.82) is 0 Å². The number of carboxylic acid groups (broad SMARTS) is 1. The number of aliphatic carboxylic acids is 1. The van der Waals surface area contributed by atoms with Gasteiger partial charge in [0.25, 0.3) is 0 Å². The number of aliphatic imine (C=N–C) groups is 1. The van der Waals surface area contributed by atoms with Gasteiger partial charge in [-0.1, -0.05) is 27.2 Å². The molecule has 7 heteroatoms. The van der Waals surface area contributed by atoms with Crippen molar-refractivity contribution in [3.05, 3.63) is 0 Å². The molecule has 0 saturated heterocycles. The Balaban J connectivity index is 2.97. The Bertz CT molecular complexity index is 608. The normalized spacial score (nSPS) is 23.3. The van der Waals surface area contributed by atoms with Gasteiger partial charge in [0.05, 0.1) is 7.11 Å². The van der Waals surface area contributed by atoms with Gasteiger partial charge in [-0.25, -0.2) is 0 Å². The molecule has 1 fully saturated rings. The van der Waals surface area contributed by atoms with Crippen LogP contribution in [0.3, 0.4) is 0 Å². The summed E-state index contributed by atoms with van der Waals surface area (Å²) >= 11 is 0. The van der Waals surface area contributed by atoms with Crippen LogP contribution < -0.4 is 0 Å². The lowest BCUT2D eigenvalue weighted by Crippen LogP contribution is -2.52. The number of unbranched alkanes of at least 4 members (excludes halogenated alkanes) is 2. The molecule has 0 amide bonds. The van der Waals surface area contributed by atoms with Crippen LogP contribution >= 0.6 is 0 Å². The number of nitrogens with zero attached hydrogens (tertiary/aromatic N) is 1. The molecule has 0 aromatic rings. The summed E-state index contributed by atoms with van der Waals surface area (Å²) in [6.45, 7) is 5.94. The molecule has 0 spiro atoms. The highest BCUT2D eigenvalue weighted by molar-refractivity contribution is 6.26. The molecule has 1 aliphatic carbocycles. The van der Waals surface area contributed by atoms with Gasteiger partial charge in [0, 0.05) is 25.1 Å². The molecule has 0 aromatic heterocycles. The topological polar surface area (TPSA) is 110 Å². The lowest BCUT2D eigenvalue weighted by atomic mass is 9.62. The largest absolute Gasteiger partial charge is 0.481 e. The Morgan fingerprint density at radius 2 is 1.85 bits per heavy atom. The first-order valence-corrected chi connectivity index (χ1v) is 9.55. The Kier molecular flexibility index (Phi) is 8.79. The predicted octanol–water partition coefficient (Wildman–Crippen LogP) is 2.85. The van der Waals surface area contributed by atoms with Gasteiger partial charge >= 0.3 is 11.9 Å². The second-order valence-electron chi connectivity index (χ2n) is 7.75. The van der Waals surface area contributed by atoms with E-state index < -0.39 is 35.0 Å². The van der Waals surface area contributed by atoms with Gasteiger partial charge < -0.3 is 9.84 Å². The zero-order valence-corrected chi connectivity index (χ0v) is 16.7. The Morgan fingerprint density at radius 3 is 2.41 bits per heavy atom. The summed E-state index contributed by atoms with van der Waals surface area (Å²) in [4.78, 5) is 52.8. The Labute approximate surface area is 160 Å². The summed E-state index contributed by atoms with van der Waals surface area (Å²) in [5.41, 5.74) is -0.128. The number of carbonyl (C=O) groups excluding carboxylic acids is 3. The van der Waals surface area contributed by atoms with E-state index in [1.807, 2.05) is 20.8 Å². The molecule has 0 aromatic carbocycles. The van der Waals surface area contributed by atoms with Crippen LogP contribution in [0.5, 0.6) is 0 Å². The van der Waals surface area contributed by atoms with Crippen LogP contribution in [0.15, 0.2) is 4.99 Å². The fourth-order valence-corrected chi connectivity index (χ4v) is 3.61. The van der Waals surface area contributed by atoms with E-state index in [0.29, 0.717) is 37.9 Å². The zero-order valence-electron chi connectivity index (χ0n) is 16.7. The fourth-order valence-electron chi connectivity index (χ4n) is 3.61. The van der Waals surface area contributed by atoms with Crippen molar-refractivity contribution in [3.63, 3.8) is 0 Å². The van der Waals surface area contributed by atoms with Gasteiger partial charge in [0.15, 0.2) is 5.78 Å². The van der Waals surface area contributed by atoms with Crippen molar-refractivity contribution >= 4 is 29.2 Å². The number of esters is 1. The number of methoxy groups -OCH3 is 1. The molecule has 0 aliphatic heterocycles. The quantitative estimate of drug-likeness (QED) is 0.354. The van der Waals surface area contributed by atoms with Crippen molar-refractivity contribution in [1.82, 2.24) is 0 Å². The van der Waals surface area contributed by atoms with Gasteiger partial charge in [0.2, 0.25) is 0 Å². The molecule has 1 N–H and O–H groups in total. The molecular weight excluding hydrogens is 350 g/mol. The first kappa shape index (κ1) is 23.0. The van der Waals surface area contributed by atoms with Crippen LogP contribution in [0.25, 0.3) is 0 Å². The van der Waals surface area contributed by atoms with Crippen LogP contribution in [0.4, 0.5) is 0 Å². The molecule has 7 nitrogen and oxygen atoms in total. The van der Waals surface area contributed by atoms with Gasteiger partial charge in [-0.15, -0.1) is 0 Å². The summed E-state index contributed by atoms with van der Waals surface area (Å²) in [5.74, 6) is -3.98. The summed E-state index contributed by atoms with van der Waals surface area (Å²) < 4.78 is 4.80. The molecule has 0 unspecified atom stereocenters. The molecule has 2 atom stereocenters. The first-order chi connectivity index (χ1) is 12.7. The number of carboxylic acids is 1. The van der Waals surface area contributed by atoms with Gasteiger partial charge in [-0.05, 0) is 31.1 Å². The molecule has 0 heterocycles. The maximum Gasteiger partial charge on any atom is 0.316 e. The minimum Gasteiger partial charge on any atom is -0.481 e. The number of ether oxygens (including phenoxy) is 1. The van der Waals surface area contributed by atoms with Crippen molar-refractivity contribution in [2.45, 2.75) is 65.7 Å². The number of rotatable bonds is 10. The third kappa shape index (κ3) is 6.26. The van der Waals surface area contributed by atoms with Crippen molar-refractivity contribution in [3.8, 4) is 0 Å². The summed E-state index contributed by atoms with van der Waals surface area (Å²) in [6.07, 6.45) is 3.39. The maximum absolute atomic E-state index is 13.0. The highest BCUT2D eigenvalue weighted by Crippen LogP contribution is 2.41. The van der Waals surface area contributed by atoms with E-state index in [4.69, 9.17) is 9.84 Å². The highest BCUT2D eigenvalue weighted by Gasteiger charge is 2.52. The molecule has 1 saturated carbocycles. The fraction of sp³-hybridized carbons (Fsp3) is 0.750. The predicted molar refractivity (Wildman–Crippen MR) is 101 cm³/mol. The van der Waals surface area contributed by atoms with Crippen LogP contribution in [0, 0.1) is 17.3 Å². The van der Waals surface area contributed by atoms with E-state index in [2.05, 4.69) is 4.99 Å². The number of carbonyl (C=O) groups is 4. The summed E-state index contributed by atoms with van der Waals surface area (Å²) in [6, 6.07) is 0. The Morgan fingerprint density at radius 1 is 1.19 bits per heavy atom. The molecule has 152 valence electrons. The molecular formula is C20H31NO6. The molecule has 27 heavy (non-hydrogen) atoms. The second-order valence-corrected chi connectivity index (χ2v) is 7.75. The van der Waals surface area contributed by atoms with E-state index in [0.717, 1.165) is 6.42 Å². The van der Waals surface area contributed by atoms with Crippen LogP contribution in [-0.4, -0.2) is 48.0 Å². The van der Waals surface area contributed by atoms with Crippen LogP contribution in [0.2, 0.25) is 0 Å². The minimum atomic E-state index is -0.971. The number of Topliss-reactive ketones (excluding diaryl/α,β-unsaturated/α-hetero) is 2. The first-order valence-electron chi connectivity index (χ1n) is 9.55. The van der Waals surface area contributed by atoms with Gasteiger partial charge in [0.1, 0.15) is 17.6 Å². The zero-order chi connectivity index (χ0) is 20.6. The lowest BCUT2D eigenvalue weighted by molar-refractivity contribution is -0.156. The van der Waals surface area contributed by atoms with Crippen LogP contribution in [-0.2, 0) is 23.9 Å².